The van der Waals surface area contributed by atoms with Gasteiger partial charge < -0.3 is 5.32 Å². The van der Waals surface area contributed by atoms with E-state index in [9.17, 15) is 8.42 Å². The van der Waals surface area contributed by atoms with E-state index in [4.69, 9.17) is 0 Å². The zero-order valence-corrected chi connectivity index (χ0v) is 10.1. The van der Waals surface area contributed by atoms with Crippen LogP contribution in [0.25, 0.3) is 0 Å². The molecule has 1 aromatic carbocycles. The summed E-state index contributed by atoms with van der Waals surface area (Å²) in [5, 5.41) is 3.30. The van der Waals surface area contributed by atoms with E-state index in [1.807, 2.05) is 19.1 Å². The lowest BCUT2D eigenvalue weighted by Gasteiger charge is -2.10. The summed E-state index contributed by atoms with van der Waals surface area (Å²) in [4.78, 5) is 0.474. The molecule has 1 aliphatic carbocycles. The second-order valence-electron chi connectivity index (χ2n) is 5.11. The van der Waals surface area contributed by atoms with Gasteiger partial charge >= 0.3 is 0 Å². The van der Waals surface area contributed by atoms with Crippen LogP contribution in [0.2, 0.25) is 0 Å². The molecule has 0 saturated heterocycles. The molecule has 0 unspecified atom stereocenters. The van der Waals surface area contributed by atoms with Gasteiger partial charge in [-0.15, -0.1) is 0 Å². The Bertz CT molecular complexity index is 544. The molecule has 16 heavy (non-hydrogen) atoms. The number of nitrogens with one attached hydrogen (secondary N) is 1. The van der Waals surface area contributed by atoms with Gasteiger partial charge in [-0.25, -0.2) is 8.42 Å². The van der Waals surface area contributed by atoms with Crippen molar-refractivity contribution >= 4 is 15.5 Å². The Morgan fingerprint density at radius 3 is 2.75 bits per heavy atom. The second kappa shape index (κ2) is 3.00. The Hall–Kier alpha value is -1.03. The quantitative estimate of drug-likeness (QED) is 0.750. The topological polar surface area (TPSA) is 46.2 Å². The number of aryl methyl sites for hydroxylation is 1. The fourth-order valence-corrected chi connectivity index (χ4v) is 4.46. The molecule has 0 radical (unpaired) electrons. The first-order valence-electron chi connectivity index (χ1n) is 5.58. The predicted molar refractivity (Wildman–Crippen MR) is 63.4 cm³/mol. The molecule has 1 saturated carbocycles. The SMILES string of the molecule is Cc1ccc2c(c1)NCC1(CC1)CS2(=O)=O. The van der Waals surface area contributed by atoms with Gasteiger partial charge in [0.25, 0.3) is 0 Å². The van der Waals surface area contributed by atoms with E-state index in [1.54, 1.807) is 6.07 Å². The van der Waals surface area contributed by atoms with Crippen molar-refractivity contribution in [2.24, 2.45) is 5.41 Å². The predicted octanol–water partition coefficient (Wildman–Crippen LogP) is 1.97. The molecular formula is C12H15NO2S. The lowest BCUT2D eigenvalue weighted by atomic mass is 10.1. The first-order chi connectivity index (χ1) is 7.51. The lowest BCUT2D eigenvalue weighted by Crippen LogP contribution is -2.20. The summed E-state index contributed by atoms with van der Waals surface area (Å²) in [5.41, 5.74) is 1.89. The molecule has 2 aliphatic rings. The molecule has 1 spiro atoms. The van der Waals surface area contributed by atoms with Gasteiger partial charge in [-0.3, -0.25) is 0 Å². The average Bonchev–Trinajstić information content (AvgIpc) is 2.95. The van der Waals surface area contributed by atoms with Crippen LogP contribution in [-0.2, 0) is 9.84 Å². The van der Waals surface area contributed by atoms with E-state index in [0.717, 1.165) is 30.6 Å². The van der Waals surface area contributed by atoms with Crippen LogP contribution >= 0.6 is 0 Å². The van der Waals surface area contributed by atoms with E-state index in [-0.39, 0.29) is 5.41 Å². The van der Waals surface area contributed by atoms with Crippen molar-refractivity contribution < 1.29 is 8.42 Å². The van der Waals surface area contributed by atoms with Gasteiger partial charge in [-0.1, -0.05) is 6.07 Å². The third-order valence-electron chi connectivity index (χ3n) is 3.58. The van der Waals surface area contributed by atoms with Crippen LogP contribution in [0.5, 0.6) is 0 Å². The van der Waals surface area contributed by atoms with Crippen LogP contribution in [0.15, 0.2) is 23.1 Å². The van der Waals surface area contributed by atoms with E-state index in [0.29, 0.717) is 10.6 Å². The summed E-state index contributed by atoms with van der Waals surface area (Å²) in [6.07, 6.45) is 2.07. The molecule has 1 aliphatic heterocycles. The molecular weight excluding hydrogens is 222 g/mol. The number of anilines is 1. The Balaban J connectivity index is 2.15. The van der Waals surface area contributed by atoms with Gasteiger partial charge in [-0.05, 0) is 37.5 Å². The highest BCUT2D eigenvalue weighted by molar-refractivity contribution is 7.91. The number of fused-ring (bicyclic) bond motifs is 1. The maximum Gasteiger partial charge on any atom is 0.181 e. The van der Waals surface area contributed by atoms with Crippen LogP contribution in [0.3, 0.4) is 0 Å². The third kappa shape index (κ3) is 1.52. The molecule has 4 heteroatoms. The molecule has 0 atom stereocenters. The Morgan fingerprint density at radius 2 is 2.06 bits per heavy atom. The fraction of sp³-hybridized carbons (Fsp3) is 0.500. The van der Waals surface area contributed by atoms with Crippen LogP contribution in [0.4, 0.5) is 5.69 Å². The first kappa shape index (κ1) is 10.1. The normalized spacial score (nSPS) is 24.3. The highest BCUT2D eigenvalue weighted by Gasteiger charge is 2.48. The van der Waals surface area contributed by atoms with Crippen LogP contribution in [0, 0.1) is 12.3 Å². The molecule has 0 bridgehead atoms. The molecule has 3 rings (SSSR count). The molecule has 86 valence electrons. The highest BCUT2D eigenvalue weighted by Crippen LogP contribution is 2.49. The van der Waals surface area contributed by atoms with Crippen molar-refractivity contribution in [1.29, 1.82) is 0 Å². The minimum absolute atomic E-state index is 0.0196. The van der Waals surface area contributed by atoms with Crippen LogP contribution in [0.1, 0.15) is 18.4 Å². The zero-order valence-electron chi connectivity index (χ0n) is 9.29. The number of hydrogen-bond donors (Lipinski definition) is 1. The number of benzene rings is 1. The molecule has 1 heterocycles. The summed E-state index contributed by atoms with van der Waals surface area (Å²) < 4.78 is 24.4. The maximum absolute atomic E-state index is 12.2. The van der Waals surface area contributed by atoms with Crippen molar-refractivity contribution in [1.82, 2.24) is 0 Å². The van der Waals surface area contributed by atoms with Crippen LogP contribution < -0.4 is 5.32 Å². The lowest BCUT2D eigenvalue weighted by molar-refractivity contribution is 0.562. The monoisotopic (exact) mass is 237 g/mol. The smallest absolute Gasteiger partial charge is 0.181 e. The summed E-state index contributed by atoms with van der Waals surface area (Å²) in [6.45, 7) is 2.77. The van der Waals surface area contributed by atoms with Gasteiger partial charge in [0.2, 0.25) is 0 Å². The third-order valence-corrected chi connectivity index (χ3v) is 5.60. The number of rotatable bonds is 0. The Kier molecular flexibility index (Phi) is 1.90. The highest BCUT2D eigenvalue weighted by atomic mass is 32.2. The summed E-state index contributed by atoms with van der Waals surface area (Å²) >= 11 is 0. The van der Waals surface area contributed by atoms with Gasteiger partial charge in [-0.2, -0.15) is 0 Å². The van der Waals surface area contributed by atoms with Gasteiger partial charge in [0, 0.05) is 12.0 Å². The average molecular weight is 237 g/mol. The van der Waals surface area contributed by atoms with Crippen molar-refractivity contribution in [3.8, 4) is 0 Å². The van der Waals surface area contributed by atoms with Crippen molar-refractivity contribution in [2.45, 2.75) is 24.7 Å². The molecule has 1 aromatic rings. The second-order valence-corrected chi connectivity index (χ2v) is 7.07. The van der Waals surface area contributed by atoms with Crippen molar-refractivity contribution in [3.63, 3.8) is 0 Å². The van der Waals surface area contributed by atoms with E-state index in [1.165, 1.54) is 0 Å². The standard InChI is InChI=1S/C12H15NO2S/c1-9-2-3-11-10(6-9)13-7-12(4-5-12)8-16(11,14)15/h2-3,6,13H,4-5,7-8H2,1H3. The minimum atomic E-state index is -3.10. The van der Waals surface area contributed by atoms with E-state index < -0.39 is 9.84 Å². The van der Waals surface area contributed by atoms with E-state index in [2.05, 4.69) is 5.32 Å². The summed E-state index contributed by atoms with van der Waals surface area (Å²) in [7, 11) is -3.10. The minimum Gasteiger partial charge on any atom is -0.383 e. The Labute approximate surface area is 95.8 Å². The first-order valence-corrected chi connectivity index (χ1v) is 7.23. The van der Waals surface area contributed by atoms with Crippen LogP contribution in [-0.4, -0.2) is 20.7 Å². The summed E-state index contributed by atoms with van der Waals surface area (Å²) in [5.74, 6) is 0.309. The molecule has 0 aromatic heterocycles. The Morgan fingerprint density at radius 1 is 1.31 bits per heavy atom. The van der Waals surface area contributed by atoms with Crippen molar-refractivity contribution in [3.05, 3.63) is 23.8 Å². The molecule has 0 amide bonds. The van der Waals surface area contributed by atoms with Gasteiger partial charge in [0.1, 0.15) is 0 Å². The van der Waals surface area contributed by atoms with E-state index >= 15 is 0 Å². The molecule has 1 fully saturated rings. The molecule has 3 nitrogen and oxygen atoms in total. The maximum atomic E-state index is 12.2. The molecule has 1 N–H and O–H groups in total. The number of hydrogen-bond acceptors (Lipinski definition) is 3. The number of sulfone groups is 1. The fourth-order valence-electron chi connectivity index (χ4n) is 2.37. The van der Waals surface area contributed by atoms with Gasteiger partial charge in [0.05, 0.1) is 16.3 Å². The zero-order chi connectivity index (χ0) is 11.4. The van der Waals surface area contributed by atoms with Gasteiger partial charge in [0.15, 0.2) is 9.84 Å². The summed E-state index contributed by atoms with van der Waals surface area (Å²) in [6, 6.07) is 5.52. The largest absolute Gasteiger partial charge is 0.383 e. The van der Waals surface area contributed by atoms with Crippen molar-refractivity contribution in [2.75, 3.05) is 17.6 Å².